The van der Waals surface area contributed by atoms with Gasteiger partial charge in [0.05, 0.1) is 0 Å². The Kier molecular flexibility index (Phi) is 9.61. The third-order valence-corrected chi connectivity index (χ3v) is 9.38. The van der Waals surface area contributed by atoms with Gasteiger partial charge in [0, 0.05) is 35.7 Å². The van der Waals surface area contributed by atoms with Crippen LogP contribution >= 0.6 is 0 Å². The van der Waals surface area contributed by atoms with Gasteiger partial charge < -0.3 is 4.90 Å². The summed E-state index contributed by atoms with van der Waals surface area (Å²) >= 11 is 0. The van der Waals surface area contributed by atoms with Crippen LogP contribution in [0, 0.1) is 13.8 Å². The fourth-order valence-electron chi connectivity index (χ4n) is 7.07. The van der Waals surface area contributed by atoms with Gasteiger partial charge in [-0.15, -0.1) is 5.10 Å². The van der Waals surface area contributed by atoms with Gasteiger partial charge in [-0.3, -0.25) is 4.98 Å². The normalized spacial score (nSPS) is 11.4. The van der Waals surface area contributed by atoms with Crippen LogP contribution < -0.4 is 4.90 Å². The number of rotatable bonds is 12. The van der Waals surface area contributed by atoms with Crippen molar-refractivity contribution in [3.8, 4) is 22.5 Å². The van der Waals surface area contributed by atoms with Crippen molar-refractivity contribution in [3.05, 3.63) is 185 Å². The Morgan fingerprint density at radius 1 is 0.620 bits per heavy atom. The summed E-state index contributed by atoms with van der Waals surface area (Å²) in [5.41, 5.74) is 10.1. The van der Waals surface area contributed by atoms with Gasteiger partial charge in [-0.05, 0) is 76.2 Å². The van der Waals surface area contributed by atoms with Gasteiger partial charge in [0.25, 0.3) is 0 Å². The summed E-state index contributed by atoms with van der Waals surface area (Å²) in [4.78, 5) is 7.08. The molecule has 0 spiro atoms. The SMILES string of the molecule is CCCCN(Cc1ccc(-c2ccccc2-c2nnnn2C(c2ccccc2)(c2ccccc2)c2ccccc2)cc1)c1cc(C)nc(C)c1. The fraction of sp³-hybridized carbons (Fsp3) is 0.182. The number of nitrogens with zero attached hydrogens (tertiary/aromatic N) is 6. The topological polar surface area (TPSA) is 59.7 Å². The molecule has 5 aromatic carbocycles. The monoisotopic (exact) mass is 654 g/mol. The smallest absolute Gasteiger partial charge is 0.184 e. The summed E-state index contributed by atoms with van der Waals surface area (Å²) in [6.07, 6.45) is 2.28. The molecule has 0 aliphatic rings. The van der Waals surface area contributed by atoms with Crippen LogP contribution in [-0.2, 0) is 12.1 Å². The second-order valence-corrected chi connectivity index (χ2v) is 12.8. The quantitative estimate of drug-likeness (QED) is 0.123. The maximum Gasteiger partial charge on any atom is 0.184 e. The number of pyridine rings is 1. The zero-order valence-electron chi connectivity index (χ0n) is 28.9. The van der Waals surface area contributed by atoms with Crippen molar-refractivity contribution in [2.45, 2.75) is 45.7 Å². The second-order valence-electron chi connectivity index (χ2n) is 12.8. The molecule has 0 aliphatic carbocycles. The van der Waals surface area contributed by atoms with Crippen molar-refractivity contribution in [2.75, 3.05) is 11.4 Å². The largest absolute Gasteiger partial charge is 0.367 e. The van der Waals surface area contributed by atoms with Crippen LogP contribution in [-0.4, -0.2) is 31.7 Å². The average molecular weight is 655 g/mol. The first kappa shape index (κ1) is 32.7. The molecule has 248 valence electrons. The summed E-state index contributed by atoms with van der Waals surface area (Å²) in [7, 11) is 0. The van der Waals surface area contributed by atoms with E-state index in [2.05, 4.69) is 169 Å². The Morgan fingerprint density at radius 3 is 1.68 bits per heavy atom. The molecular weight excluding hydrogens is 613 g/mol. The Balaban J connectivity index is 1.31. The van der Waals surface area contributed by atoms with Crippen molar-refractivity contribution in [3.63, 3.8) is 0 Å². The highest BCUT2D eigenvalue weighted by Crippen LogP contribution is 2.43. The molecule has 0 aliphatic heterocycles. The van der Waals surface area contributed by atoms with Crippen LogP contribution in [0.25, 0.3) is 22.5 Å². The van der Waals surface area contributed by atoms with E-state index in [0.717, 1.165) is 70.7 Å². The third-order valence-electron chi connectivity index (χ3n) is 9.38. The van der Waals surface area contributed by atoms with Gasteiger partial charge in [-0.1, -0.05) is 153 Å². The summed E-state index contributed by atoms with van der Waals surface area (Å²) in [5.74, 6) is 0.690. The van der Waals surface area contributed by atoms with Crippen molar-refractivity contribution >= 4 is 5.69 Å². The highest BCUT2D eigenvalue weighted by atomic mass is 15.6. The lowest BCUT2D eigenvalue weighted by molar-refractivity contribution is 0.451. The number of hydrogen-bond acceptors (Lipinski definition) is 5. The first-order valence-corrected chi connectivity index (χ1v) is 17.4. The van der Waals surface area contributed by atoms with Crippen molar-refractivity contribution in [2.24, 2.45) is 0 Å². The van der Waals surface area contributed by atoms with E-state index in [4.69, 9.17) is 10.3 Å². The maximum absolute atomic E-state index is 4.79. The zero-order valence-corrected chi connectivity index (χ0v) is 28.9. The van der Waals surface area contributed by atoms with Crippen molar-refractivity contribution in [1.29, 1.82) is 0 Å². The van der Waals surface area contributed by atoms with E-state index >= 15 is 0 Å². The Bertz CT molecular complexity index is 2020. The molecule has 0 N–H and O–H groups in total. The lowest BCUT2D eigenvalue weighted by Gasteiger charge is -2.36. The molecule has 7 rings (SSSR count). The van der Waals surface area contributed by atoms with Gasteiger partial charge in [0.2, 0.25) is 0 Å². The molecule has 0 unspecified atom stereocenters. The standard InChI is InChI=1S/C44H42N6/c1-4-5-29-49(40-30-33(2)45-34(3)31-40)32-35-25-27-36(28-26-35)41-23-15-16-24-42(41)43-46-47-48-50(43)44(37-17-9-6-10-18-37,38-19-11-7-12-20-38)39-21-13-8-14-22-39/h6-28,30-31H,4-5,29,32H2,1-3H3. The molecule has 6 heteroatoms. The molecular formula is C44H42N6. The number of hydrogen-bond donors (Lipinski definition) is 0. The fourth-order valence-corrected chi connectivity index (χ4v) is 7.07. The Morgan fingerprint density at radius 2 is 1.14 bits per heavy atom. The molecule has 6 nitrogen and oxygen atoms in total. The van der Waals surface area contributed by atoms with E-state index in [-0.39, 0.29) is 0 Å². The molecule has 50 heavy (non-hydrogen) atoms. The lowest BCUT2D eigenvalue weighted by atomic mass is 9.77. The predicted octanol–water partition coefficient (Wildman–Crippen LogP) is 9.67. The minimum absolute atomic E-state index is 0.690. The molecule has 0 bridgehead atoms. The van der Waals surface area contributed by atoms with Crippen LogP contribution in [0.5, 0.6) is 0 Å². The minimum Gasteiger partial charge on any atom is -0.367 e. The minimum atomic E-state index is -0.828. The van der Waals surface area contributed by atoms with E-state index in [1.54, 1.807) is 0 Å². The highest BCUT2D eigenvalue weighted by Gasteiger charge is 2.42. The van der Waals surface area contributed by atoms with Crippen LogP contribution in [0.15, 0.2) is 152 Å². The van der Waals surface area contributed by atoms with E-state index in [0.29, 0.717) is 5.82 Å². The number of aryl methyl sites for hydroxylation is 2. The van der Waals surface area contributed by atoms with Gasteiger partial charge >= 0.3 is 0 Å². The molecule has 0 radical (unpaired) electrons. The molecule has 0 saturated carbocycles. The van der Waals surface area contributed by atoms with Crippen LogP contribution in [0.1, 0.15) is 53.4 Å². The molecule has 2 aromatic heterocycles. The predicted molar refractivity (Wildman–Crippen MR) is 203 cm³/mol. The zero-order chi connectivity index (χ0) is 34.3. The van der Waals surface area contributed by atoms with Crippen LogP contribution in [0.2, 0.25) is 0 Å². The van der Waals surface area contributed by atoms with Gasteiger partial charge in [0.1, 0.15) is 5.54 Å². The lowest BCUT2D eigenvalue weighted by Crippen LogP contribution is -2.39. The number of anilines is 1. The van der Waals surface area contributed by atoms with Crippen molar-refractivity contribution in [1.82, 2.24) is 25.2 Å². The Labute approximate surface area is 295 Å². The van der Waals surface area contributed by atoms with E-state index in [1.807, 2.05) is 22.9 Å². The first-order chi connectivity index (χ1) is 24.6. The van der Waals surface area contributed by atoms with Crippen LogP contribution in [0.3, 0.4) is 0 Å². The molecule has 0 fully saturated rings. The maximum atomic E-state index is 4.79. The first-order valence-electron chi connectivity index (χ1n) is 17.4. The van der Waals surface area contributed by atoms with E-state index < -0.39 is 5.54 Å². The number of aromatic nitrogens is 5. The second kappa shape index (κ2) is 14.7. The van der Waals surface area contributed by atoms with E-state index in [9.17, 15) is 0 Å². The number of unbranched alkanes of at least 4 members (excludes halogenated alkanes) is 1. The molecule has 0 atom stereocenters. The van der Waals surface area contributed by atoms with Gasteiger partial charge in [0.15, 0.2) is 5.82 Å². The molecule has 0 amide bonds. The number of tetrazole rings is 1. The highest BCUT2D eigenvalue weighted by molar-refractivity contribution is 5.81. The Hall–Kier alpha value is -5.88. The summed E-state index contributed by atoms with van der Waals surface area (Å²) in [5, 5.41) is 13.9. The summed E-state index contributed by atoms with van der Waals surface area (Å²) in [6, 6.07) is 53.3. The molecule has 7 aromatic rings. The third kappa shape index (κ3) is 6.45. The molecule has 0 saturated heterocycles. The summed E-state index contributed by atoms with van der Waals surface area (Å²) < 4.78 is 2.00. The van der Waals surface area contributed by atoms with Crippen LogP contribution in [0.4, 0.5) is 5.69 Å². The van der Waals surface area contributed by atoms with Gasteiger partial charge in [-0.2, -0.15) is 0 Å². The number of benzene rings is 5. The molecule has 2 heterocycles. The average Bonchev–Trinajstić information content (AvgIpc) is 3.65. The van der Waals surface area contributed by atoms with E-state index in [1.165, 1.54) is 11.3 Å². The van der Waals surface area contributed by atoms with Crippen molar-refractivity contribution < 1.29 is 0 Å². The van der Waals surface area contributed by atoms with Gasteiger partial charge in [-0.25, -0.2) is 4.68 Å². The summed E-state index contributed by atoms with van der Waals surface area (Å²) in [6.45, 7) is 8.21.